The Hall–Kier alpha value is -2.08. The average Bonchev–Trinajstić information content (AvgIpc) is 2.93. The highest BCUT2D eigenvalue weighted by Crippen LogP contribution is 2.30. The fourth-order valence-corrected chi connectivity index (χ4v) is 3.91. The predicted molar refractivity (Wildman–Crippen MR) is 102 cm³/mol. The van der Waals surface area contributed by atoms with E-state index in [-0.39, 0.29) is 29.9 Å². The lowest BCUT2D eigenvalue weighted by Crippen LogP contribution is -2.43. The monoisotopic (exact) mass is 372 g/mol. The van der Waals surface area contributed by atoms with Crippen molar-refractivity contribution in [1.29, 1.82) is 0 Å². The van der Waals surface area contributed by atoms with Gasteiger partial charge in [0.1, 0.15) is 6.54 Å². The van der Waals surface area contributed by atoms with Crippen LogP contribution in [0.1, 0.15) is 31.9 Å². The Labute approximate surface area is 158 Å². The van der Waals surface area contributed by atoms with Gasteiger partial charge in [-0.15, -0.1) is 0 Å². The lowest BCUT2D eigenvalue weighted by molar-refractivity contribution is -0.137. The number of thioether (sulfide) groups is 1. The largest absolute Gasteiger partial charge is 0.336 e. The number of benzene rings is 1. The molecular formula is C20H24N2O3S. The van der Waals surface area contributed by atoms with E-state index in [2.05, 4.69) is 6.07 Å². The minimum atomic E-state index is -0.508. The van der Waals surface area contributed by atoms with Crippen LogP contribution in [-0.2, 0) is 27.3 Å². The molecule has 0 unspecified atom stereocenters. The second kappa shape index (κ2) is 7.27. The normalized spacial score (nSPS) is 19.0. The number of nitrogens with zero attached hydrogens (tertiary/aromatic N) is 2. The summed E-state index contributed by atoms with van der Waals surface area (Å²) in [4.78, 5) is 40.5. The van der Waals surface area contributed by atoms with Gasteiger partial charge in [-0.05, 0) is 17.5 Å². The lowest BCUT2D eigenvalue weighted by Gasteiger charge is -2.30. The third-order valence-corrected chi connectivity index (χ3v) is 5.71. The van der Waals surface area contributed by atoms with E-state index in [4.69, 9.17) is 0 Å². The van der Waals surface area contributed by atoms with Crippen LogP contribution in [0.15, 0.2) is 35.4 Å². The maximum atomic E-state index is 12.7. The van der Waals surface area contributed by atoms with Gasteiger partial charge in [-0.3, -0.25) is 19.3 Å². The van der Waals surface area contributed by atoms with Gasteiger partial charge < -0.3 is 4.90 Å². The topological polar surface area (TPSA) is 57.7 Å². The van der Waals surface area contributed by atoms with Crippen LogP contribution in [0.25, 0.3) is 0 Å². The summed E-state index contributed by atoms with van der Waals surface area (Å²) in [5.41, 5.74) is 1.93. The molecule has 138 valence electrons. The average molecular weight is 372 g/mol. The summed E-state index contributed by atoms with van der Waals surface area (Å²) in [7, 11) is 0. The molecule has 6 heteroatoms. The zero-order valence-corrected chi connectivity index (χ0v) is 16.3. The highest BCUT2D eigenvalue weighted by atomic mass is 32.2. The van der Waals surface area contributed by atoms with Gasteiger partial charge in [0.05, 0.1) is 10.8 Å². The SMILES string of the molecule is CC(C)(C)C(=O)/C=C1\SCC(=O)N1CC(=O)N1CCc2ccccc2C1. The molecule has 0 aliphatic carbocycles. The Morgan fingerprint density at radius 1 is 1.19 bits per heavy atom. The number of hydrogen-bond acceptors (Lipinski definition) is 4. The van der Waals surface area contributed by atoms with E-state index in [0.29, 0.717) is 18.1 Å². The Morgan fingerprint density at radius 3 is 2.58 bits per heavy atom. The van der Waals surface area contributed by atoms with E-state index >= 15 is 0 Å². The highest BCUT2D eigenvalue weighted by Gasteiger charge is 2.32. The molecule has 0 radical (unpaired) electrons. The molecular weight excluding hydrogens is 348 g/mol. The van der Waals surface area contributed by atoms with Crippen LogP contribution in [0.5, 0.6) is 0 Å². The number of amides is 2. The fourth-order valence-electron chi connectivity index (χ4n) is 2.97. The van der Waals surface area contributed by atoms with E-state index in [1.165, 1.54) is 28.3 Å². The molecule has 2 aliphatic rings. The van der Waals surface area contributed by atoms with Crippen molar-refractivity contribution in [2.24, 2.45) is 5.41 Å². The summed E-state index contributed by atoms with van der Waals surface area (Å²) in [6.45, 7) is 6.75. The summed E-state index contributed by atoms with van der Waals surface area (Å²) in [5.74, 6) is 0.0385. The van der Waals surface area contributed by atoms with Gasteiger partial charge in [0.25, 0.3) is 0 Å². The first-order chi connectivity index (χ1) is 12.3. The minimum absolute atomic E-state index is 0.00272. The lowest BCUT2D eigenvalue weighted by atomic mass is 9.91. The van der Waals surface area contributed by atoms with Crippen LogP contribution in [-0.4, -0.2) is 46.2 Å². The molecule has 2 heterocycles. The molecule has 26 heavy (non-hydrogen) atoms. The molecule has 0 spiro atoms. The number of carbonyl (C=O) groups excluding carboxylic acids is 3. The van der Waals surface area contributed by atoms with Crippen molar-refractivity contribution >= 4 is 29.4 Å². The van der Waals surface area contributed by atoms with E-state index in [1.807, 2.05) is 39.0 Å². The number of ketones is 1. The summed E-state index contributed by atoms with van der Waals surface area (Å²) in [6.07, 6.45) is 2.34. The first-order valence-corrected chi connectivity index (χ1v) is 9.78. The van der Waals surface area contributed by atoms with Gasteiger partial charge in [0.15, 0.2) is 5.78 Å². The molecule has 2 amide bonds. The third-order valence-electron chi connectivity index (χ3n) is 4.68. The van der Waals surface area contributed by atoms with Gasteiger partial charge in [-0.1, -0.05) is 56.8 Å². The Bertz CT molecular complexity index is 780. The van der Waals surface area contributed by atoms with Gasteiger partial charge in [-0.2, -0.15) is 0 Å². The van der Waals surface area contributed by atoms with Crippen LogP contribution in [0.4, 0.5) is 0 Å². The molecule has 1 aromatic carbocycles. The zero-order valence-electron chi connectivity index (χ0n) is 15.4. The van der Waals surface area contributed by atoms with Crippen molar-refractivity contribution in [3.8, 4) is 0 Å². The summed E-state index contributed by atoms with van der Waals surface area (Å²) >= 11 is 1.33. The predicted octanol–water partition coefficient (Wildman–Crippen LogP) is 2.60. The van der Waals surface area contributed by atoms with E-state index in [1.54, 1.807) is 4.90 Å². The van der Waals surface area contributed by atoms with Crippen LogP contribution in [0, 0.1) is 5.41 Å². The van der Waals surface area contributed by atoms with Gasteiger partial charge in [0.2, 0.25) is 11.8 Å². The van der Waals surface area contributed by atoms with Gasteiger partial charge in [-0.25, -0.2) is 0 Å². The minimum Gasteiger partial charge on any atom is -0.336 e. The third kappa shape index (κ3) is 4.01. The summed E-state index contributed by atoms with van der Waals surface area (Å²) in [5, 5.41) is 0.584. The van der Waals surface area contributed by atoms with Gasteiger partial charge >= 0.3 is 0 Å². The van der Waals surface area contributed by atoms with Crippen molar-refractivity contribution in [2.45, 2.75) is 33.7 Å². The van der Waals surface area contributed by atoms with Crippen molar-refractivity contribution < 1.29 is 14.4 Å². The molecule has 0 bridgehead atoms. The molecule has 2 aliphatic heterocycles. The molecule has 0 aromatic heterocycles. The number of carbonyl (C=O) groups is 3. The Morgan fingerprint density at radius 2 is 1.88 bits per heavy atom. The van der Waals surface area contributed by atoms with Crippen LogP contribution < -0.4 is 0 Å². The first kappa shape index (κ1) is 18.7. The number of hydrogen-bond donors (Lipinski definition) is 0. The van der Waals surface area contributed by atoms with E-state index in [0.717, 1.165) is 12.0 Å². The summed E-state index contributed by atoms with van der Waals surface area (Å²) < 4.78 is 0. The molecule has 5 nitrogen and oxygen atoms in total. The standard InChI is InChI=1S/C20H24N2O3S/c1-20(2,3)16(23)10-19-22(18(25)13-26-19)12-17(24)21-9-8-14-6-4-5-7-15(14)11-21/h4-7,10H,8-9,11-13H2,1-3H3/b19-10-. The van der Waals surface area contributed by atoms with Crippen LogP contribution in [0.3, 0.4) is 0 Å². The smallest absolute Gasteiger partial charge is 0.242 e. The molecule has 3 rings (SSSR count). The second-order valence-electron chi connectivity index (χ2n) is 7.70. The number of allylic oxidation sites excluding steroid dienone is 1. The molecule has 0 N–H and O–H groups in total. The molecule has 0 saturated carbocycles. The second-order valence-corrected chi connectivity index (χ2v) is 8.70. The number of fused-ring (bicyclic) bond motifs is 1. The summed E-state index contributed by atoms with van der Waals surface area (Å²) in [6, 6.07) is 8.13. The Kier molecular flexibility index (Phi) is 5.23. The van der Waals surface area contributed by atoms with Crippen molar-refractivity contribution in [3.63, 3.8) is 0 Å². The zero-order chi connectivity index (χ0) is 18.9. The van der Waals surface area contributed by atoms with Crippen molar-refractivity contribution in [3.05, 3.63) is 46.5 Å². The molecule has 1 aromatic rings. The fraction of sp³-hybridized carbons (Fsp3) is 0.450. The van der Waals surface area contributed by atoms with Crippen molar-refractivity contribution in [2.75, 3.05) is 18.8 Å². The maximum Gasteiger partial charge on any atom is 0.242 e. The van der Waals surface area contributed by atoms with E-state index in [9.17, 15) is 14.4 Å². The first-order valence-electron chi connectivity index (χ1n) is 8.79. The maximum absolute atomic E-state index is 12.7. The Balaban J connectivity index is 1.71. The quantitative estimate of drug-likeness (QED) is 0.766. The van der Waals surface area contributed by atoms with Crippen LogP contribution in [0.2, 0.25) is 0 Å². The molecule has 1 saturated heterocycles. The number of rotatable bonds is 3. The molecule has 1 fully saturated rings. The van der Waals surface area contributed by atoms with E-state index < -0.39 is 5.41 Å². The highest BCUT2D eigenvalue weighted by molar-refractivity contribution is 8.04. The molecule has 0 atom stereocenters. The van der Waals surface area contributed by atoms with Crippen molar-refractivity contribution in [1.82, 2.24) is 9.80 Å². The van der Waals surface area contributed by atoms with Gasteiger partial charge in [0, 0.05) is 24.6 Å². The van der Waals surface area contributed by atoms with Crippen LogP contribution >= 0.6 is 11.8 Å².